The highest BCUT2D eigenvalue weighted by atomic mass is 16.3. The van der Waals surface area contributed by atoms with E-state index in [4.69, 9.17) is 4.42 Å². The zero-order chi connectivity index (χ0) is 18.1. The largest absolute Gasteiger partial charge is 0.461 e. The van der Waals surface area contributed by atoms with E-state index < -0.39 is 0 Å². The minimum absolute atomic E-state index is 0.0894. The summed E-state index contributed by atoms with van der Waals surface area (Å²) in [4.78, 5) is 14.5. The van der Waals surface area contributed by atoms with Gasteiger partial charge in [0.2, 0.25) is 5.91 Å². The van der Waals surface area contributed by atoms with Gasteiger partial charge in [0.1, 0.15) is 11.3 Å². The molecular formula is C20H25N3O2. The lowest BCUT2D eigenvalue weighted by Crippen LogP contribution is -2.28. The van der Waals surface area contributed by atoms with E-state index in [2.05, 4.69) is 18.1 Å². The molecule has 5 nitrogen and oxygen atoms in total. The van der Waals surface area contributed by atoms with Crippen LogP contribution < -0.4 is 0 Å². The number of carbonyl (C=O) groups is 1. The van der Waals surface area contributed by atoms with Gasteiger partial charge in [-0.25, -0.2) is 0 Å². The van der Waals surface area contributed by atoms with Gasteiger partial charge in [-0.05, 0) is 19.9 Å². The Labute approximate surface area is 148 Å². The molecule has 25 heavy (non-hydrogen) atoms. The number of likely N-dealkylation sites (N-methyl/N-ethyl adjacent to an activating group) is 1. The number of aromatic nitrogens is 2. The number of amides is 1. The van der Waals surface area contributed by atoms with Crippen molar-refractivity contribution in [3.05, 3.63) is 52.5 Å². The Morgan fingerprint density at radius 3 is 2.60 bits per heavy atom. The van der Waals surface area contributed by atoms with Crippen molar-refractivity contribution in [2.24, 2.45) is 7.05 Å². The summed E-state index contributed by atoms with van der Waals surface area (Å²) in [5, 5.41) is 5.49. The highest BCUT2D eigenvalue weighted by molar-refractivity contribution is 5.84. The fourth-order valence-corrected chi connectivity index (χ4v) is 3.29. The standard InChI is InChI=1S/C20H25N3O2/c1-6-18-17(15-9-7-8-10-19(15)25-18)12-22(4)20(24)11-16-13(2)21-23(5)14(16)3/h7-10H,6,11-12H2,1-5H3. The number of hydrogen-bond donors (Lipinski definition) is 0. The third-order valence-corrected chi connectivity index (χ3v) is 4.91. The zero-order valence-corrected chi connectivity index (χ0v) is 15.6. The first-order valence-corrected chi connectivity index (χ1v) is 8.64. The third-order valence-electron chi connectivity index (χ3n) is 4.91. The summed E-state index contributed by atoms with van der Waals surface area (Å²) in [6.07, 6.45) is 1.19. The summed E-state index contributed by atoms with van der Waals surface area (Å²) >= 11 is 0. The Kier molecular flexibility index (Phi) is 4.66. The van der Waals surface area contributed by atoms with Crippen LogP contribution in [0.15, 0.2) is 28.7 Å². The molecule has 0 aliphatic carbocycles. The molecule has 0 bridgehead atoms. The molecule has 2 aromatic heterocycles. The van der Waals surface area contributed by atoms with Gasteiger partial charge in [0, 0.05) is 49.3 Å². The predicted molar refractivity (Wildman–Crippen MR) is 98.5 cm³/mol. The lowest BCUT2D eigenvalue weighted by Gasteiger charge is -2.17. The second kappa shape index (κ2) is 6.75. The number of para-hydroxylation sites is 1. The van der Waals surface area contributed by atoms with Crippen molar-refractivity contribution in [2.45, 2.75) is 40.2 Å². The molecule has 0 spiro atoms. The van der Waals surface area contributed by atoms with Crippen LogP contribution in [0.3, 0.4) is 0 Å². The van der Waals surface area contributed by atoms with Crippen LogP contribution in [0.1, 0.15) is 35.2 Å². The molecule has 3 rings (SSSR count). The molecule has 0 radical (unpaired) electrons. The fraction of sp³-hybridized carbons (Fsp3) is 0.400. The molecule has 1 aromatic carbocycles. The molecule has 0 N–H and O–H groups in total. The maximum Gasteiger partial charge on any atom is 0.227 e. The quantitative estimate of drug-likeness (QED) is 0.714. The van der Waals surface area contributed by atoms with Gasteiger partial charge < -0.3 is 9.32 Å². The van der Waals surface area contributed by atoms with Crippen molar-refractivity contribution in [2.75, 3.05) is 7.05 Å². The minimum atomic E-state index is 0.0894. The van der Waals surface area contributed by atoms with Crippen molar-refractivity contribution in [1.29, 1.82) is 0 Å². The molecule has 3 aromatic rings. The van der Waals surface area contributed by atoms with E-state index in [0.717, 1.165) is 45.7 Å². The van der Waals surface area contributed by atoms with Gasteiger partial charge in [-0.1, -0.05) is 25.1 Å². The van der Waals surface area contributed by atoms with Gasteiger partial charge >= 0.3 is 0 Å². The number of nitrogens with zero attached hydrogens (tertiary/aromatic N) is 3. The van der Waals surface area contributed by atoms with Gasteiger partial charge in [-0.15, -0.1) is 0 Å². The zero-order valence-electron chi connectivity index (χ0n) is 15.6. The normalized spacial score (nSPS) is 11.2. The second-order valence-electron chi connectivity index (χ2n) is 6.55. The SMILES string of the molecule is CCc1oc2ccccc2c1CN(C)C(=O)Cc1c(C)nn(C)c1C. The molecule has 132 valence electrons. The summed E-state index contributed by atoms with van der Waals surface area (Å²) in [7, 11) is 3.76. The van der Waals surface area contributed by atoms with Crippen molar-refractivity contribution in [3.63, 3.8) is 0 Å². The van der Waals surface area contributed by atoms with Gasteiger partial charge in [0.15, 0.2) is 0 Å². The van der Waals surface area contributed by atoms with Gasteiger partial charge in [0.05, 0.1) is 12.1 Å². The van der Waals surface area contributed by atoms with E-state index >= 15 is 0 Å². The van der Waals surface area contributed by atoms with Gasteiger partial charge in [-0.2, -0.15) is 5.10 Å². The highest BCUT2D eigenvalue weighted by Crippen LogP contribution is 2.27. The molecule has 0 fully saturated rings. The predicted octanol–water partition coefficient (Wildman–Crippen LogP) is 3.55. The van der Waals surface area contributed by atoms with Crippen LogP contribution >= 0.6 is 0 Å². The van der Waals surface area contributed by atoms with E-state index in [0.29, 0.717) is 13.0 Å². The second-order valence-corrected chi connectivity index (χ2v) is 6.55. The number of carbonyl (C=O) groups excluding carboxylic acids is 1. The number of fused-ring (bicyclic) bond motifs is 1. The maximum absolute atomic E-state index is 12.7. The van der Waals surface area contributed by atoms with Crippen molar-refractivity contribution >= 4 is 16.9 Å². The average Bonchev–Trinajstić information content (AvgIpc) is 3.07. The molecule has 5 heteroatoms. The lowest BCUT2D eigenvalue weighted by atomic mass is 10.1. The first kappa shape index (κ1) is 17.3. The minimum Gasteiger partial charge on any atom is -0.461 e. The number of hydrogen-bond acceptors (Lipinski definition) is 3. The molecule has 0 unspecified atom stereocenters. The Balaban J connectivity index is 1.82. The molecule has 0 aliphatic heterocycles. The summed E-state index contributed by atoms with van der Waals surface area (Å²) in [5.74, 6) is 1.04. The fourth-order valence-electron chi connectivity index (χ4n) is 3.29. The Morgan fingerprint density at radius 1 is 1.24 bits per heavy atom. The van der Waals surface area contributed by atoms with E-state index in [-0.39, 0.29) is 5.91 Å². The Hall–Kier alpha value is -2.56. The smallest absolute Gasteiger partial charge is 0.227 e. The van der Waals surface area contributed by atoms with Crippen LogP contribution in [0.25, 0.3) is 11.0 Å². The average molecular weight is 339 g/mol. The van der Waals surface area contributed by atoms with E-state index in [9.17, 15) is 4.79 Å². The van der Waals surface area contributed by atoms with Crippen molar-refractivity contribution in [3.8, 4) is 0 Å². The first-order valence-electron chi connectivity index (χ1n) is 8.64. The van der Waals surface area contributed by atoms with Crippen LogP contribution in [-0.2, 0) is 31.2 Å². The van der Waals surface area contributed by atoms with E-state index in [1.54, 1.807) is 4.90 Å². The van der Waals surface area contributed by atoms with Crippen LogP contribution in [-0.4, -0.2) is 27.6 Å². The molecular weight excluding hydrogens is 314 g/mol. The monoisotopic (exact) mass is 339 g/mol. The molecule has 0 aliphatic rings. The van der Waals surface area contributed by atoms with E-state index in [1.165, 1.54) is 0 Å². The van der Waals surface area contributed by atoms with Crippen LogP contribution in [0.4, 0.5) is 0 Å². The summed E-state index contributed by atoms with van der Waals surface area (Å²) < 4.78 is 7.77. The Bertz CT molecular complexity index is 921. The molecule has 0 atom stereocenters. The molecule has 2 heterocycles. The summed E-state index contributed by atoms with van der Waals surface area (Å²) in [5.41, 5.74) is 4.97. The maximum atomic E-state index is 12.7. The van der Waals surface area contributed by atoms with Crippen molar-refractivity contribution < 1.29 is 9.21 Å². The van der Waals surface area contributed by atoms with Crippen LogP contribution in [0.2, 0.25) is 0 Å². The number of furan rings is 1. The molecule has 0 saturated heterocycles. The summed E-state index contributed by atoms with van der Waals surface area (Å²) in [6.45, 7) is 6.58. The molecule has 1 amide bonds. The number of aryl methyl sites for hydroxylation is 3. The topological polar surface area (TPSA) is 51.3 Å². The van der Waals surface area contributed by atoms with Crippen molar-refractivity contribution in [1.82, 2.24) is 14.7 Å². The lowest BCUT2D eigenvalue weighted by molar-refractivity contribution is -0.129. The first-order chi connectivity index (χ1) is 11.9. The number of benzene rings is 1. The van der Waals surface area contributed by atoms with Crippen LogP contribution in [0.5, 0.6) is 0 Å². The number of rotatable bonds is 5. The Morgan fingerprint density at radius 2 is 1.96 bits per heavy atom. The van der Waals surface area contributed by atoms with E-state index in [1.807, 2.05) is 50.8 Å². The van der Waals surface area contributed by atoms with Crippen LogP contribution in [0, 0.1) is 13.8 Å². The molecule has 0 saturated carbocycles. The third kappa shape index (κ3) is 3.18. The highest BCUT2D eigenvalue weighted by Gasteiger charge is 2.19. The van der Waals surface area contributed by atoms with Gasteiger partial charge in [0.25, 0.3) is 0 Å². The summed E-state index contributed by atoms with van der Waals surface area (Å²) in [6, 6.07) is 8.01. The van der Waals surface area contributed by atoms with Gasteiger partial charge in [-0.3, -0.25) is 9.48 Å².